The maximum Gasteiger partial charge on any atom is 0.0462 e. The van der Waals surface area contributed by atoms with Gasteiger partial charge in [0.1, 0.15) is 0 Å². The first-order chi connectivity index (χ1) is 30.7. The Hall–Kier alpha value is -7.94. The van der Waals surface area contributed by atoms with E-state index in [1.807, 2.05) is 0 Å². The Morgan fingerprint density at radius 1 is 0.274 bits per heavy atom. The van der Waals surface area contributed by atoms with Crippen LogP contribution in [-0.2, 0) is 0 Å². The van der Waals surface area contributed by atoms with Gasteiger partial charge in [0.05, 0.1) is 0 Å². The minimum atomic E-state index is 0.285. The smallest absolute Gasteiger partial charge is 0.0462 e. The van der Waals surface area contributed by atoms with Crippen LogP contribution in [0.25, 0.3) is 39.0 Å². The fraction of sp³-hybridized carbons (Fsp3) is 0.0333. The summed E-state index contributed by atoms with van der Waals surface area (Å²) < 4.78 is 0. The molecule has 62 heavy (non-hydrogen) atoms. The van der Waals surface area contributed by atoms with Crippen molar-refractivity contribution in [2.45, 2.75) is 12.3 Å². The van der Waals surface area contributed by atoms with Gasteiger partial charge in [0.2, 0.25) is 0 Å². The Morgan fingerprint density at radius 3 is 0.952 bits per heavy atom. The summed E-state index contributed by atoms with van der Waals surface area (Å²) in [6, 6.07) is 87.1. The van der Waals surface area contributed by atoms with E-state index >= 15 is 0 Å². The van der Waals surface area contributed by atoms with E-state index in [1.54, 1.807) is 0 Å². The maximum atomic E-state index is 2.43. The second kappa shape index (κ2) is 17.7. The van der Waals surface area contributed by atoms with Crippen LogP contribution in [-0.4, -0.2) is 0 Å². The molecule has 0 saturated heterocycles. The van der Waals surface area contributed by atoms with Crippen LogP contribution in [0, 0.1) is 0 Å². The first kappa shape index (κ1) is 38.3. The lowest BCUT2D eigenvalue weighted by molar-refractivity contribution is 0.857. The minimum Gasteiger partial charge on any atom is -0.311 e. The summed E-state index contributed by atoms with van der Waals surface area (Å²) in [5.74, 6) is 0.285. The molecule has 0 fully saturated rings. The third-order valence-electron chi connectivity index (χ3n) is 11.8. The van der Waals surface area contributed by atoms with Crippen molar-refractivity contribution in [2.24, 2.45) is 0 Å². The third kappa shape index (κ3) is 8.28. The highest BCUT2D eigenvalue weighted by Crippen LogP contribution is 2.40. The standard InChI is InChI=1S/C60H46N2/c1-5-14-45(15-6-1)47-24-26-48(27-25-47)50-30-38-58(39-31-50)62(56-22-11-4-12-23-56)60-42-34-52(35-43-60)54-19-13-18-53(44-54)51-32-40-59(41-33-51)61(55-20-9-3-10-21-55)57-36-28-49(29-37-57)46-16-7-2-8-17-46/h1-17,19-44,53H,18H2. The average molecular weight is 795 g/mol. The zero-order valence-electron chi connectivity index (χ0n) is 34.5. The lowest BCUT2D eigenvalue weighted by atomic mass is 9.87. The summed E-state index contributed by atoms with van der Waals surface area (Å²) >= 11 is 0. The quantitative estimate of drug-likeness (QED) is 0.129. The number of hydrogen-bond donors (Lipinski definition) is 0. The highest BCUT2D eigenvalue weighted by Gasteiger charge is 2.18. The molecule has 1 aliphatic carbocycles. The van der Waals surface area contributed by atoms with Crippen molar-refractivity contribution in [3.63, 3.8) is 0 Å². The minimum absolute atomic E-state index is 0.285. The number of allylic oxidation sites excluding steroid dienone is 4. The van der Waals surface area contributed by atoms with Crippen LogP contribution in [0.1, 0.15) is 23.5 Å². The fourth-order valence-corrected chi connectivity index (χ4v) is 8.55. The van der Waals surface area contributed by atoms with Crippen molar-refractivity contribution in [3.05, 3.63) is 272 Å². The maximum absolute atomic E-state index is 2.43. The molecule has 0 bridgehead atoms. The van der Waals surface area contributed by atoms with Gasteiger partial charge < -0.3 is 9.80 Å². The summed E-state index contributed by atoms with van der Waals surface area (Å²) in [7, 11) is 0. The third-order valence-corrected chi connectivity index (χ3v) is 11.8. The van der Waals surface area contributed by atoms with Gasteiger partial charge in [-0.2, -0.15) is 0 Å². The van der Waals surface area contributed by atoms with Crippen molar-refractivity contribution in [3.8, 4) is 33.4 Å². The van der Waals surface area contributed by atoms with Crippen molar-refractivity contribution in [2.75, 3.05) is 9.80 Å². The number of hydrogen-bond acceptors (Lipinski definition) is 2. The lowest BCUT2D eigenvalue weighted by Gasteiger charge is -2.27. The first-order valence-electron chi connectivity index (χ1n) is 21.4. The Bertz CT molecular complexity index is 2900. The molecule has 2 nitrogen and oxygen atoms in total. The summed E-state index contributed by atoms with van der Waals surface area (Å²) in [4.78, 5) is 4.66. The van der Waals surface area contributed by atoms with Crippen LogP contribution in [0.5, 0.6) is 0 Å². The Balaban J connectivity index is 0.880. The normalized spacial score (nSPS) is 13.3. The largest absolute Gasteiger partial charge is 0.311 e. The van der Waals surface area contributed by atoms with Gasteiger partial charge in [0.15, 0.2) is 0 Å². The molecule has 0 spiro atoms. The van der Waals surface area contributed by atoms with Gasteiger partial charge in [-0.3, -0.25) is 0 Å². The predicted octanol–water partition coefficient (Wildman–Crippen LogP) is 16.8. The van der Waals surface area contributed by atoms with Crippen molar-refractivity contribution >= 4 is 39.7 Å². The molecule has 2 heteroatoms. The van der Waals surface area contributed by atoms with Crippen LogP contribution in [0.3, 0.4) is 0 Å². The number of benzene rings is 9. The number of anilines is 6. The van der Waals surface area contributed by atoms with E-state index in [4.69, 9.17) is 0 Å². The van der Waals surface area contributed by atoms with E-state index in [2.05, 4.69) is 271 Å². The molecular formula is C60H46N2. The van der Waals surface area contributed by atoms with Gasteiger partial charge in [0.25, 0.3) is 0 Å². The van der Waals surface area contributed by atoms with E-state index in [0.717, 1.165) is 40.5 Å². The Morgan fingerprint density at radius 2 is 0.565 bits per heavy atom. The fourth-order valence-electron chi connectivity index (χ4n) is 8.55. The molecule has 9 aromatic carbocycles. The van der Waals surface area contributed by atoms with Crippen LogP contribution >= 0.6 is 0 Å². The zero-order chi connectivity index (χ0) is 41.5. The molecule has 10 rings (SSSR count). The van der Waals surface area contributed by atoms with E-state index in [1.165, 1.54) is 50.1 Å². The molecule has 0 radical (unpaired) electrons. The van der Waals surface area contributed by atoms with E-state index < -0.39 is 0 Å². The number of para-hydroxylation sites is 2. The summed E-state index contributed by atoms with van der Waals surface area (Å²) in [6.07, 6.45) is 8.00. The average Bonchev–Trinajstić information content (AvgIpc) is 3.36. The zero-order valence-corrected chi connectivity index (χ0v) is 34.5. The highest BCUT2D eigenvalue weighted by molar-refractivity contribution is 5.83. The molecule has 296 valence electrons. The highest BCUT2D eigenvalue weighted by atomic mass is 15.1. The van der Waals surface area contributed by atoms with Crippen molar-refractivity contribution in [1.82, 2.24) is 0 Å². The summed E-state index contributed by atoms with van der Waals surface area (Å²) in [5.41, 5.74) is 17.8. The summed E-state index contributed by atoms with van der Waals surface area (Å²) in [6.45, 7) is 0. The Kier molecular flexibility index (Phi) is 10.9. The van der Waals surface area contributed by atoms with Crippen LogP contribution < -0.4 is 9.80 Å². The Labute approximate surface area is 365 Å². The van der Waals surface area contributed by atoms with E-state index in [-0.39, 0.29) is 5.92 Å². The predicted molar refractivity (Wildman–Crippen MR) is 263 cm³/mol. The van der Waals surface area contributed by atoms with Gasteiger partial charge in [0, 0.05) is 40.0 Å². The lowest BCUT2D eigenvalue weighted by Crippen LogP contribution is -2.10. The van der Waals surface area contributed by atoms with Crippen LogP contribution in [0.4, 0.5) is 34.1 Å². The molecule has 1 unspecified atom stereocenters. The molecule has 0 N–H and O–H groups in total. The van der Waals surface area contributed by atoms with Gasteiger partial charge in [-0.15, -0.1) is 0 Å². The molecule has 0 aliphatic heterocycles. The number of nitrogens with zero attached hydrogens (tertiary/aromatic N) is 2. The first-order valence-corrected chi connectivity index (χ1v) is 21.4. The van der Waals surface area contributed by atoms with Gasteiger partial charge in [-0.1, -0.05) is 188 Å². The molecule has 0 heterocycles. The number of rotatable bonds is 11. The molecule has 0 saturated carbocycles. The second-order valence-electron chi connectivity index (χ2n) is 15.8. The van der Waals surface area contributed by atoms with Crippen LogP contribution in [0.15, 0.2) is 261 Å². The molecule has 9 aromatic rings. The molecule has 0 amide bonds. The van der Waals surface area contributed by atoms with Gasteiger partial charge >= 0.3 is 0 Å². The van der Waals surface area contributed by atoms with E-state index in [9.17, 15) is 0 Å². The molecule has 1 atom stereocenters. The molecule has 1 aliphatic rings. The monoisotopic (exact) mass is 794 g/mol. The SMILES string of the molecule is C1=CC(c2ccc(N(c3ccccc3)c3ccc(-c4ccc(-c5ccccc5)cc4)cc3)cc2)=CC(c2ccc(N(c3ccccc3)c3ccc(-c4ccccc4)cc3)cc2)C1. The van der Waals surface area contributed by atoms with Gasteiger partial charge in [-0.05, 0) is 129 Å². The topological polar surface area (TPSA) is 6.48 Å². The second-order valence-corrected chi connectivity index (χ2v) is 15.8. The van der Waals surface area contributed by atoms with Gasteiger partial charge in [-0.25, -0.2) is 0 Å². The molecule has 0 aromatic heterocycles. The van der Waals surface area contributed by atoms with Crippen molar-refractivity contribution < 1.29 is 0 Å². The van der Waals surface area contributed by atoms with Crippen LogP contribution in [0.2, 0.25) is 0 Å². The van der Waals surface area contributed by atoms with Crippen molar-refractivity contribution in [1.29, 1.82) is 0 Å². The van der Waals surface area contributed by atoms with E-state index in [0.29, 0.717) is 0 Å². The molecular weight excluding hydrogens is 749 g/mol. The summed E-state index contributed by atoms with van der Waals surface area (Å²) in [5, 5.41) is 0.